The Hall–Kier alpha value is -2.44. The van der Waals surface area contributed by atoms with E-state index in [0.717, 1.165) is 0 Å². The van der Waals surface area contributed by atoms with Gasteiger partial charge in [-0.3, -0.25) is 19.7 Å². The lowest BCUT2D eigenvalue weighted by Gasteiger charge is -2.17. The van der Waals surface area contributed by atoms with Crippen molar-refractivity contribution in [3.05, 3.63) is 39.4 Å². The quantitative estimate of drug-likeness (QED) is 0.666. The van der Waals surface area contributed by atoms with E-state index >= 15 is 0 Å². The third-order valence-corrected chi connectivity index (χ3v) is 3.48. The van der Waals surface area contributed by atoms with Crippen LogP contribution in [0.1, 0.15) is 22.3 Å². The van der Waals surface area contributed by atoms with Gasteiger partial charge in [-0.25, -0.2) is 0 Å². The third-order valence-electron chi connectivity index (χ3n) is 3.48. The number of carbonyl (C=O) groups excluding carboxylic acids is 1. The van der Waals surface area contributed by atoms with Crippen LogP contribution in [0.4, 0.5) is 5.69 Å². The highest BCUT2D eigenvalue weighted by molar-refractivity contribution is 5.96. The maximum atomic E-state index is 12.3. The molecule has 0 spiro atoms. The second-order valence-corrected chi connectivity index (χ2v) is 4.83. The summed E-state index contributed by atoms with van der Waals surface area (Å²) in [6.07, 6.45) is 0.438. The Labute approximate surface area is 115 Å². The lowest BCUT2D eigenvalue weighted by molar-refractivity contribution is -0.384. The van der Waals surface area contributed by atoms with Gasteiger partial charge in [-0.05, 0) is 25.0 Å². The summed E-state index contributed by atoms with van der Waals surface area (Å²) < 4.78 is 0. The van der Waals surface area contributed by atoms with Gasteiger partial charge in [0.15, 0.2) is 0 Å². The zero-order chi connectivity index (χ0) is 14.9. The summed E-state index contributed by atoms with van der Waals surface area (Å²) in [5.74, 6) is -1.71. The van der Waals surface area contributed by atoms with Crippen LogP contribution >= 0.6 is 0 Å². The van der Waals surface area contributed by atoms with Crippen molar-refractivity contribution in [1.29, 1.82) is 0 Å². The first-order valence-electron chi connectivity index (χ1n) is 6.17. The molecule has 2 rings (SSSR count). The van der Waals surface area contributed by atoms with Gasteiger partial charge in [0.2, 0.25) is 0 Å². The van der Waals surface area contributed by atoms with Crippen LogP contribution < -0.4 is 0 Å². The Morgan fingerprint density at radius 3 is 2.65 bits per heavy atom. The van der Waals surface area contributed by atoms with Crippen LogP contribution in [0.15, 0.2) is 18.2 Å². The average Bonchev–Trinajstić information content (AvgIpc) is 2.87. The van der Waals surface area contributed by atoms with Crippen molar-refractivity contribution in [2.24, 2.45) is 5.92 Å². The van der Waals surface area contributed by atoms with Gasteiger partial charge in [-0.1, -0.05) is 0 Å². The van der Waals surface area contributed by atoms with Gasteiger partial charge in [0.1, 0.15) is 0 Å². The summed E-state index contributed by atoms with van der Waals surface area (Å²) in [6, 6.07) is 4.05. The van der Waals surface area contributed by atoms with Gasteiger partial charge in [0.25, 0.3) is 11.6 Å². The van der Waals surface area contributed by atoms with Crippen LogP contribution in [0, 0.1) is 23.0 Å². The Morgan fingerprint density at radius 2 is 2.15 bits per heavy atom. The standard InChI is InChI=1S/C13H14N2O5/c1-8-6-10(15(19)20)2-3-11(8)12(16)14-5-4-9(7-14)13(17)18/h2-3,6,9H,4-5,7H2,1H3,(H,17,18). The molecule has 1 aromatic rings. The number of benzene rings is 1. The molecular formula is C13H14N2O5. The maximum Gasteiger partial charge on any atom is 0.308 e. The Balaban J connectivity index is 2.18. The minimum absolute atomic E-state index is 0.0658. The molecule has 1 unspecified atom stereocenters. The van der Waals surface area contributed by atoms with Gasteiger partial charge in [0.05, 0.1) is 10.8 Å². The van der Waals surface area contributed by atoms with E-state index in [2.05, 4.69) is 0 Å². The highest BCUT2D eigenvalue weighted by Gasteiger charge is 2.31. The topological polar surface area (TPSA) is 101 Å². The summed E-state index contributed by atoms with van der Waals surface area (Å²) in [5, 5.41) is 19.6. The zero-order valence-corrected chi connectivity index (χ0v) is 10.9. The lowest BCUT2D eigenvalue weighted by Crippen LogP contribution is -2.30. The molecule has 0 aromatic heterocycles. The number of likely N-dealkylation sites (tertiary alicyclic amines) is 1. The number of nitro groups is 1. The van der Waals surface area contributed by atoms with Crippen molar-refractivity contribution in [2.75, 3.05) is 13.1 Å². The van der Waals surface area contributed by atoms with Gasteiger partial charge >= 0.3 is 5.97 Å². The van der Waals surface area contributed by atoms with Gasteiger partial charge in [0, 0.05) is 30.8 Å². The smallest absolute Gasteiger partial charge is 0.308 e. The number of hydrogen-bond donors (Lipinski definition) is 1. The molecule has 0 saturated carbocycles. The number of nitrogens with zero attached hydrogens (tertiary/aromatic N) is 2. The van der Waals surface area contributed by atoms with Crippen molar-refractivity contribution in [2.45, 2.75) is 13.3 Å². The number of carboxylic acids is 1. The molecule has 7 heteroatoms. The Bertz CT molecular complexity index is 584. The molecule has 20 heavy (non-hydrogen) atoms. The molecule has 1 saturated heterocycles. The minimum Gasteiger partial charge on any atom is -0.481 e. The van der Waals surface area contributed by atoms with Crippen molar-refractivity contribution < 1.29 is 19.6 Å². The second-order valence-electron chi connectivity index (χ2n) is 4.83. The minimum atomic E-state index is -0.902. The summed E-state index contributed by atoms with van der Waals surface area (Å²) >= 11 is 0. The SMILES string of the molecule is Cc1cc([N+](=O)[O-])ccc1C(=O)N1CCC(C(=O)O)C1. The fourth-order valence-electron chi connectivity index (χ4n) is 2.32. The molecule has 106 valence electrons. The molecule has 1 N–H and O–H groups in total. The first-order valence-corrected chi connectivity index (χ1v) is 6.17. The highest BCUT2D eigenvalue weighted by Crippen LogP contribution is 2.22. The summed E-state index contributed by atoms with van der Waals surface area (Å²) in [4.78, 5) is 34.8. The Kier molecular flexibility index (Phi) is 3.69. The van der Waals surface area contributed by atoms with E-state index in [1.165, 1.54) is 23.1 Å². The predicted octanol–water partition coefficient (Wildman–Crippen LogP) is 1.45. The van der Waals surface area contributed by atoms with Crippen LogP contribution in [-0.2, 0) is 4.79 Å². The Morgan fingerprint density at radius 1 is 1.45 bits per heavy atom. The molecular weight excluding hydrogens is 264 g/mol. The number of carbonyl (C=O) groups is 2. The number of hydrogen-bond acceptors (Lipinski definition) is 4. The van der Waals surface area contributed by atoms with Crippen LogP contribution in [0.5, 0.6) is 0 Å². The van der Waals surface area contributed by atoms with Crippen LogP contribution in [-0.4, -0.2) is 39.9 Å². The number of non-ortho nitro benzene ring substituents is 1. The van der Waals surface area contributed by atoms with Crippen LogP contribution in [0.3, 0.4) is 0 Å². The highest BCUT2D eigenvalue weighted by atomic mass is 16.6. The molecule has 0 radical (unpaired) electrons. The number of nitro benzene ring substituents is 1. The molecule has 1 fully saturated rings. The van der Waals surface area contributed by atoms with Crippen molar-refractivity contribution in [3.63, 3.8) is 0 Å². The molecule has 1 aromatic carbocycles. The second kappa shape index (κ2) is 5.28. The fraction of sp³-hybridized carbons (Fsp3) is 0.385. The largest absolute Gasteiger partial charge is 0.481 e. The summed E-state index contributed by atoms with van der Waals surface area (Å²) in [7, 11) is 0. The summed E-state index contributed by atoms with van der Waals surface area (Å²) in [6.45, 7) is 2.21. The molecule has 1 amide bonds. The average molecular weight is 278 g/mol. The van der Waals surface area contributed by atoms with Gasteiger partial charge < -0.3 is 10.0 Å². The van der Waals surface area contributed by atoms with E-state index in [-0.39, 0.29) is 18.1 Å². The number of carboxylic acid groups (broad SMARTS) is 1. The lowest BCUT2D eigenvalue weighted by atomic mass is 10.1. The normalized spacial score (nSPS) is 18.1. The van der Waals surface area contributed by atoms with E-state index in [1.807, 2.05) is 0 Å². The van der Waals surface area contributed by atoms with E-state index in [4.69, 9.17) is 5.11 Å². The molecule has 1 atom stereocenters. The van der Waals surface area contributed by atoms with Crippen molar-refractivity contribution >= 4 is 17.6 Å². The monoisotopic (exact) mass is 278 g/mol. The van der Waals surface area contributed by atoms with Gasteiger partial charge in [-0.15, -0.1) is 0 Å². The van der Waals surface area contributed by atoms with Gasteiger partial charge in [-0.2, -0.15) is 0 Å². The molecule has 1 aliphatic rings. The number of rotatable bonds is 3. The zero-order valence-electron chi connectivity index (χ0n) is 10.9. The molecule has 1 aliphatic heterocycles. The number of aliphatic carboxylic acids is 1. The predicted molar refractivity (Wildman–Crippen MR) is 69.5 cm³/mol. The maximum absolute atomic E-state index is 12.3. The van der Waals surface area contributed by atoms with Crippen LogP contribution in [0.25, 0.3) is 0 Å². The first kappa shape index (κ1) is 14.0. The number of aryl methyl sites for hydroxylation is 1. The first-order chi connectivity index (χ1) is 9.40. The molecule has 7 nitrogen and oxygen atoms in total. The van der Waals surface area contributed by atoms with E-state index in [9.17, 15) is 19.7 Å². The summed E-state index contributed by atoms with van der Waals surface area (Å²) in [5.41, 5.74) is 0.827. The van der Waals surface area contributed by atoms with E-state index in [1.54, 1.807) is 6.92 Å². The number of amides is 1. The van der Waals surface area contributed by atoms with E-state index in [0.29, 0.717) is 24.1 Å². The van der Waals surface area contributed by atoms with Crippen molar-refractivity contribution in [3.8, 4) is 0 Å². The molecule has 0 bridgehead atoms. The van der Waals surface area contributed by atoms with Crippen LogP contribution in [0.2, 0.25) is 0 Å². The van der Waals surface area contributed by atoms with Crippen molar-refractivity contribution in [1.82, 2.24) is 4.90 Å². The fourth-order valence-corrected chi connectivity index (χ4v) is 2.32. The molecule has 0 aliphatic carbocycles. The third kappa shape index (κ3) is 2.61. The van der Waals surface area contributed by atoms with E-state index < -0.39 is 16.8 Å². The molecule has 1 heterocycles.